The molecule has 0 radical (unpaired) electrons. The highest BCUT2D eigenvalue weighted by atomic mass is 16.3. The van der Waals surface area contributed by atoms with Gasteiger partial charge in [-0.15, -0.1) is 0 Å². The second-order valence-electron chi connectivity index (χ2n) is 6.44. The highest BCUT2D eigenvalue weighted by Gasteiger charge is 2.02. The fourth-order valence-electron chi connectivity index (χ4n) is 2.76. The number of ketones is 1. The van der Waals surface area contributed by atoms with Gasteiger partial charge in [0.1, 0.15) is 5.78 Å². The van der Waals surface area contributed by atoms with Crippen LogP contribution in [0.25, 0.3) is 0 Å². The summed E-state index contributed by atoms with van der Waals surface area (Å²) in [4.78, 5) is 11.7. The zero-order valence-corrected chi connectivity index (χ0v) is 14.5. The second kappa shape index (κ2) is 18.6. The number of Topliss-reactive ketones (excluding diaryl/α,β-unsaturated/α-hetero) is 1. The molecule has 0 rings (SSSR count). The van der Waals surface area contributed by atoms with E-state index in [-0.39, 0.29) is 0 Å². The zero-order valence-electron chi connectivity index (χ0n) is 14.5. The van der Waals surface area contributed by atoms with Crippen LogP contribution in [0.5, 0.6) is 0 Å². The summed E-state index contributed by atoms with van der Waals surface area (Å²) in [5.41, 5.74) is 0. The normalized spacial score (nSPS) is 11.0. The number of hydrogen-bond donors (Lipinski definition) is 2. The molecule has 0 heterocycles. The van der Waals surface area contributed by atoms with Crippen molar-refractivity contribution in [3.05, 3.63) is 0 Å². The van der Waals surface area contributed by atoms with Gasteiger partial charge >= 0.3 is 0 Å². The first-order valence-corrected chi connectivity index (χ1v) is 9.54. The Kier molecular flexibility index (Phi) is 18.3. The maximum Gasteiger partial charge on any atom is 0.132 e. The van der Waals surface area contributed by atoms with Gasteiger partial charge in [0.2, 0.25) is 0 Å². The molecule has 0 fully saturated rings. The van der Waals surface area contributed by atoms with Crippen LogP contribution in [0.3, 0.4) is 0 Å². The van der Waals surface area contributed by atoms with Crippen LogP contribution < -0.4 is 0 Å². The van der Waals surface area contributed by atoms with Crippen molar-refractivity contribution in [2.24, 2.45) is 0 Å². The summed E-state index contributed by atoms with van der Waals surface area (Å²) in [6.45, 7) is 0.633. The molecule has 0 unspecified atom stereocenters. The monoisotopic (exact) mass is 314 g/mol. The number of unbranched alkanes of at least 4 members (excludes halogenated alkanes) is 12. The Morgan fingerprint density at radius 2 is 0.727 bits per heavy atom. The molecule has 0 atom stereocenters. The second-order valence-corrected chi connectivity index (χ2v) is 6.44. The third-order valence-electron chi connectivity index (χ3n) is 4.23. The molecule has 22 heavy (non-hydrogen) atoms. The van der Waals surface area contributed by atoms with Crippen molar-refractivity contribution < 1.29 is 15.0 Å². The van der Waals surface area contributed by atoms with E-state index in [1.807, 2.05) is 0 Å². The minimum Gasteiger partial charge on any atom is -0.396 e. The smallest absolute Gasteiger partial charge is 0.132 e. The molecule has 3 nitrogen and oxygen atoms in total. The molecule has 0 aromatic heterocycles. The van der Waals surface area contributed by atoms with Gasteiger partial charge in [-0.25, -0.2) is 0 Å². The van der Waals surface area contributed by atoms with Crippen molar-refractivity contribution in [3.8, 4) is 0 Å². The van der Waals surface area contributed by atoms with Crippen LogP contribution in [0.2, 0.25) is 0 Å². The molecule has 0 aliphatic carbocycles. The molecule has 0 amide bonds. The van der Waals surface area contributed by atoms with Crippen molar-refractivity contribution in [2.45, 2.75) is 103 Å². The topological polar surface area (TPSA) is 57.5 Å². The van der Waals surface area contributed by atoms with Crippen molar-refractivity contribution in [1.29, 1.82) is 0 Å². The van der Waals surface area contributed by atoms with Gasteiger partial charge in [-0.05, 0) is 25.7 Å². The van der Waals surface area contributed by atoms with Crippen molar-refractivity contribution in [2.75, 3.05) is 13.2 Å². The number of hydrogen-bond acceptors (Lipinski definition) is 3. The predicted molar refractivity (Wildman–Crippen MR) is 93.1 cm³/mol. The highest BCUT2D eigenvalue weighted by molar-refractivity contribution is 5.78. The van der Waals surface area contributed by atoms with Crippen molar-refractivity contribution in [1.82, 2.24) is 0 Å². The highest BCUT2D eigenvalue weighted by Crippen LogP contribution is 2.12. The molecule has 132 valence electrons. The van der Waals surface area contributed by atoms with Crippen LogP contribution in [-0.4, -0.2) is 29.2 Å². The quantitative estimate of drug-likeness (QED) is 0.358. The Morgan fingerprint density at radius 1 is 0.455 bits per heavy atom. The first kappa shape index (κ1) is 21.6. The summed E-state index contributed by atoms with van der Waals surface area (Å²) in [6.07, 6.45) is 17.5. The minimum atomic E-state index is 0.317. The van der Waals surface area contributed by atoms with Crippen LogP contribution in [0, 0.1) is 0 Å². The summed E-state index contributed by atoms with van der Waals surface area (Å²) in [7, 11) is 0. The molecule has 3 heteroatoms. The average Bonchev–Trinajstić information content (AvgIpc) is 2.52. The lowest BCUT2D eigenvalue weighted by atomic mass is 10.0. The van der Waals surface area contributed by atoms with Gasteiger partial charge in [-0.3, -0.25) is 4.79 Å². The summed E-state index contributed by atoms with van der Waals surface area (Å²) >= 11 is 0. The SMILES string of the molecule is O=C(CCCCCCCCCO)CCCCCCCCCO. The predicted octanol–water partition coefficient (Wildman–Crippen LogP) is 4.78. The summed E-state index contributed by atoms with van der Waals surface area (Å²) in [5, 5.41) is 17.3. The van der Waals surface area contributed by atoms with Gasteiger partial charge in [0.05, 0.1) is 0 Å². The molecule has 0 aromatic rings. The molecule has 0 aliphatic rings. The summed E-state index contributed by atoms with van der Waals surface area (Å²) in [5.74, 6) is 0.445. The Morgan fingerprint density at radius 3 is 1.05 bits per heavy atom. The van der Waals surface area contributed by atoms with Crippen LogP contribution in [0.4, 0.5) is 0 Å². The molecule has 2 N–H and O–H groups in total. The standard InChI is InChI=1S/C19H38O3/c20-17-13-9-5-1-3-7-11-15-19(22)16-12-8-4-2-6-10-14-18-21/h20-21H,1-18H2. The van der Waals surface area contributed by atoms with E-state index in [4.69, 9.17) is 10.2 Å². The average molecular weight is 315 g/mol. The first-order chi connectivity index (χ1) is 10.8. The maximum absolute atomic E-state index is 11.7. The van der Waals surface area contributed by atoms with Crippen molar-refractivity contribution in [3.63, 3.8) is 0 Å². The number of aliphatic hydroxyl groups excluding tert-OH is 2. The molecular formula is C19H38O3. The van der Waals surface area contributed by atoms with Gasteiger partial charge in [-0.2, -0.15) is 0 Å². The number of rotatable bonds is 18. The molecule has 0 aliphatic heterocycles. The van der Waals surface area contributed by atoms with Gasteiger partial charge in [0, 0.05) is 26.1 Å². The first-order valence-electron chi connectivity index (χ1n) is 9.54. The van der Waals surface area contributed by atoms with E-state index in [1.165, 1.54) is 51.4 Å². The molecular weight excluding hydrogens is 276 g/mol. The zero-order chi connectivity index (χ0) is 16.3. The lowest BCUT2D eigenvalue weighted by Gasteiger charge is -2.03. The fraction of sp³-hybridized carbons (Fsp3) is 0.947. The van der Waals surface area contributed by atoms with E-state index >= 15 is 0 Å². The third-order valence-corrected chi connectivity index (χ3v) is 4.23. The Balaban J connectivity index is 3.13. The Bertz CT molecular complexity index is 207. The number of aliphatic hydroxyl groups is 2. The largest absolute Gasteiger partial charge is 0.396 e. The Hall–Kier alpha value is -0.410. The molecule has 0 saturated carbocycles. The summed E-state index contributed by atoms with van der Waals surface area (Å²) in [6, 6.07) is 0. The maximum atomic E-state index is 11.7. The van der Waals surface area contributed by atoms with Crippen LogP contribution >= 0.6 is 0 Å². The minimum absolute atomic E-state index is 0.317. The molecule has 0 aromatic carbocycles. The lowest BCUT2D eigenvalue weighted by molar-refractivity contribution is -0.119. The van der Waals surface area contributed by atoms with Gasteiger partial charge in [-0.1, -0.05) is 64.2 Å². The molecule has 0 bridgehead atoms. The number of carbonyl (C=O) groups is 1. The van der Waals surface area contributed by atoms with E-state index in [0.717, 1.165) is 51.4 Å². The van der Waals surface area contributed by atoms with Crippen LogP contribution in [0.15, 0.2) is 0 Å². The molecule has 0 spiro atoms. The number of carbonyl (C=O) groups excluding carboxylic acids is 1. The van der Waals surface area contributed by atoms with E-state index in [9.17, 15) is 4.79 Å². The van der Waals surface area contributed by atoms with Gasteiger partial charge < -0.3 is 10.2 Å². The Labute approximate surface area is 137 Å². The van der Waals surface area contributed by atoms with Crippen LogP contribution in [0.1, 0.15) is 103 Å². The van der Waals surface area contributed by atoms with E-state index in [2.05, 4.69) is 0 Å². The van der Waals surface area contributed by atoms with E-state index in [0.29, 0.717) is 19.0 Å². The van der Waals surface area contributed by atoms with Gasteiger partial charge in [0.25, 0.3) is 0 Å². The third kappa shape index (κ3) is 17.6. The van der Waals surface area contributed by atoms with Crippen LogP contribution in [-0.2, 0) is 4.79 Å². The molecule has 0 saturated heterocycles. The summed E-state index contributed by atoms with van der Waals surface area (Å²) < 4.78 is 0. The van der Waals surface area contributed by atoms with Crippen molar-refractivity contribution >= 4 is 5.78 Å². The van der Waals surface area contributed by atoms with E-state index in [1.54, 1.807) is 0 Å². The fourth-order valence-corrected chi connectivity index (χ4v) is 2.76. The van der Waals surface area contributed by atoms with E-state index < -0.39 is 0 Å². The van der Waals surface area contributed by atoms with Gasteiger partial charge in [0.15, 0.2) is 0 Å². The lowest BCUT2D eigenvalue weighted by Crippen LogP contribution is -1.97.